The molecular weight excluding hydrogens is 783 g/mol. The summed E-state index contributed by atoms with van der Waals surface area (Å²) >= 11 is 1.09. The Balaban J connectivity index is 0.000000559. The van der Waals surface area contributed by atoms with Crippen molar-refractivity contribution in [2.75, 3.05) is 39.5 Å². The molecule has 11 heteroatoms. The number of hydrogen-bond acceptors (Lipinski definition) is 10. The Labute approximate surface area is 376 Å². The van der Waals surface area contributed by atoms with Crippen LogP contribution in [-0.4, -0.2) is 88.4 Å². The van der Waals surface area contributed by atoms with Gasteiger partial charge in [-0.2, -0.15) is 0 Å². The molecule has 0 atom stereocenters. The molecule has 1 amide bonds. The van der Waals surface area contributed by atoms with Crippen LogP contribution < -0.4 is 0 Å². The molecule has 1 saturated heterocycles. The van der Waals surface area contributed by atoms with Gasteiger partial charge in [-0.3, -0.25) is 9.78 Å². The van der Waals surface area contributed by atoms with Crippen molar-refractivity contribution in [2.45, 2.75) is 178 Å². The monoisotopic (exact) mass is 868 g/mol. The summed E-state index contributed by atoms with van der Waals surface area (Å²) in [6.45, 7) is 25.2. The van der Waals surface area contributed by atoms with Crippen molar-refractivity contribution in [2.24, 2.45) is 16.8 Å². The molecule has 2 aliphatic heterocycles. The number of Topliss-reactive ketones (excluding diaryl/α,β-unsaturated/α-hetero) is 1. The van der Waals surface area contributed by atoms with Gasteiger partial charge in [0.2, 0.25) is 0 Å². The highest BCUT2D eigenvalue weighted by Gasteiger charge is 2.27. The number of esters is 1. The first kappa shape index (κ1) is 55.4. The van der Waals surface area contributed by atoms with Crippen LogP contribution in [0.3, 0.4) is 0 Å². The van der Waals surface area contributed by atoms with E-state index < -0.39 is 0 Å². The number of amidine groups is 1. The number of pyridine rings is 1. The topological polar surface area (TPSA) is 105 Å². The fourth-order valence-electron chi connectivity index (χ4n) is 6.87. The number of hydrogen-bond donors (Lipinski definition) is 0. The second-order valence-corrected chi connectivity index (χ2v) is 18.0. The van der Waals surface area contributed by atoms with Crippen LogP contribution in [0.1, 0.15) is 177 Å². The lowest BCUT2D eigenvalue weighted by Crippen LogP contribution is -2.50. The van der Waals surface area contributed by atoms with E-state index in [4.69, 9.17) is 18.9 Å². The Morgan fingerprint density at radius 3 is 2.00 bits per heavy atom. The van der Waals surface area contributed by atoms with Gasteiger partial charge in [-0.05, 0) is 97.1 Å². The number of allylic oxidation sites excluding steroid dienone is 3. The maximum absolute atomic E-state index is 12.1. The van der Waals surface area contributed by atoms with Crippen molar-refractivity contribution in [3.63, 3.8) is 0 Å². The van der Waals surface area contributed by atoms with Crippen LogP contribution >= 0.6 is 12.0 Å². The molecule has 0 aromatic carbocycles. The molecule has 10 nitrogen and oxygen atoms in total. The van der Waals surface area contributed by atoms with Crippen molar-refractivity contribution < 1.29 is 23.3 Å². The molecule has 0 bridgehead atoms. The average molecular weight is 868 g/mol. The van der Waals surface area contributed by atoms with Gasteiger partial charge in [0.05, 0.1) is 12.0 Å². The minimum absolute atomic E-state index is 0.102. The van der Waals surface area contributed by atoms with Crippen LogP contribution in [0.4, 0.5) is 4.79 Å². The molecule has 0 radical (unpaired) electrons. The zero-order valence-electron chi connectivity index (χ0n) is 40.7. The second-order valence-electron chi connectivity index (χ2n) is 17.5. The van der Waals surface area contributed by atoms with Gasteiger partial charge < -0.3 is 28.4 Å². The van der Waals surface area contributed by atoms with Crippen LogP contribution in [0.15, 0.2) is 53.1 Å². The van der Waals surface area contributed by atoms with E-state index in [1.54, 1.807) is 18.1 Å². The third-order valence-corrected chi connectivity index (χ3v) is 10.7. The fraction of sp³-hybridized carbons (Fsp3) is 0.700. The van der Waals surface area contributed by atoms with Crippen LogP contribution in [0.5, 0.6) is 0 Å². The Bertz CT molecular complexity index is 1540. The van der Waals surface area contributed by atoms with Gasteiger partial charge in [0, 0.05) is 81.6 Å². The Hall–Kier alpha value is -3.60. The molecule has 2 fully saturated rings. The Morgan fingerprint density at radius 1 is 0.902 bits per heavy atom. The smallest absolute Gasteiger partial charge is 0.422 e. The molecule has 3 aliphatic rings. The van der Waals surface area contributed by atoms with Gasteiger partial charge in [0.15, 0.2) is 0 Å². The summed E-state index contributed by atoms with van der Waals surface area (Å²) in [5, 5.41) is 0. The lowest BCUT2D eigenvalue weighted by molar-refractivity contribution is -0.154. The molecule has 3 heterocycles. The zero-order chi connectivity index (χ0) is 45.8. The molecule has 346 valence electrons. The lowest BCUT2D eigenvalue weighted by Gasteiger charge is -2.36. The third kappa shape index (κ3) is 24.0. The summed E-state index contributed by atoms with van der Waals surface area (Å²) in [6.07, 6.45) is 27.2. The van der Waals surface area contributed by atoms with E-state index in [0.29, 0.717) is 25.3 Å². The molecule has 61 heavy (non-hydrogen) atoms. The molecule has 1 aromatic rings. The molecule has 0 spiro atoms. The van der Waals surface area contributed by atoms with Crippen molar-refractivity contribution in [3.05, 3.63) is 59.3 Å². The number of carbonyl (C=O) groups is 3. The van der Waals surface area contributed by atoms with E-state index in [1.165, 1.54) is 62.5 Å². The number of aliphatic imine (C=N–C) groups is 1. The largest absolute Gasteiger partial charge is 0.460 e. The van der Waals surface area contributed by atoms with E-state index in [1.807, 2.05) is 40.0 Å². The van der Waals surface area contributed by atoms with Gasteiger partial charge in [-0.15, -0.1) is 0 Å². The summed E-state index contributed by atoms with van der Waals surface area (Å²) in [5.41, 5.74) is 4.44. The number of carbonyl (C=O) groups excluding carboxylic acids is 3. The molecule has 4 rings (SSSR count). The number of aromatic nitrogens is 1. The van der Waals surface area contributed by atoms with Crippen molar-refractivity contribution in [1.29, 1.82) is 0 Å². The SMILES string of the molecule is CCC(C)=C/C(=C1/N=C(N2CCN(C(=O)OSC)CC2)C=CN1C)c1cccnc1CC1CC1.CCCC(=O)OC(C)(C)C.CCCC(CCC)CCC.CCCCC(C)=O. The first-order valence-electron chi connectivity index (χ1n) is 23.4. The van der Waals surface area contributed by atoms with Gasteiger partial charge in [-0.25, -0.2) is 9.79 Å². The van der Waals surface area contributed by atoms with Gasteiger partial charge in [0.25, 0.3) is 0 Å². The number of rotatable bonds is 17. The molecule has 0 unspecified atom stereocenters. The average Bonchev–Trinajstić information content (AvgIpc) is 4.04. The summed E-state index contributed by atoms with van der Waals surface area (Å²) in [7, 11) is 2.05. The van der Waals surface area contributed by atoms with E-state index in [0.717, 1.165) is 98.4 Å². The van der Waals surface area contributed by atoms with Crippen molar-refractivity contribution in [3.8, 4) is 0 Å². The number of unbranched alkanes of at least 4 members (excludes halogenated alkanes) is 1. The normalized spacial score (nSPS) is 16.0. The number of amides is 1. The number of ketones is 1. The van der Waals surface area contributed by atoms with Crippen LogP contribution in [0.25, 0.3) is 5.57 Å². The third-order valence-electron chi connectivity index (χ3n) is 10.4. The minimum atomic E-state index is -0.327. The predicted octanol–water partition coefficient (Wildman–Crippen LogP) is 12.8. The zero-order valence-corrected chi connectivity index (χ0v) is 41.6. The first-order chi connectivity index (χ1) is 29.1. The van der Waals surface area contributed by atoms with E-state index in [2.05, 4.69) is 82.8 Å². The summed E-state index contributed by atoms with van der Waals surface area (Å²) in [6, 6.07) is 4.21. The lowest BCUT2D eigenvalue weighted by atomic mass is 9.94. The molecular formula is C50H85N5O5S. The molecule has 0 N–H and O–H groups in total. The van der Waals surface area contributed by atoms with E-state index in [9.17, 15) is 14.4 Å². The molecule has 1 saturated carbocycles. The summed E-state index contributed by atoms with van der Waals surface area (Å²) in [5.74, 6) is 3.85. The van der Waals surface area contributed by atoms with Crippen LogP contribution in [-0.2, 0) is 24.9 Å². The maximum atomic E-state index is 12.1. The van der Waals surface area contributed by atoms with Gasteiger partial charge in [0.1, 0.15) is 23.0 Å². The highest BCUT2D eigenvalue weighted by Crippen LogP contribution is 2.36. The number of ether oxygens (including phenoxy) is 1. The van der Waals surface area contributed by atoms with E-state index >= 15 is 0 Å². The highest BCUT2D eigenvalue weighted by molar-refractivity contribution is 7.94. The van der Waals surface area contributed by atoms with E-state index in [-0.39, 0.29) is 17.7 Å². The minimum Gasteiger partial charge on any atom is -0.460 e. The Morgan fingerprint density at radius 2 is 1.52 bits per heavy atom. The first-order valence-corrected chi connectivity index (χ1v) is 24.5. The van der Waals surface area contributed by atoms with Crippen LogP contribution in [0, 0.1) is 11.8 Å². The predicted molar refractivity (Wildman–Crippen MR) is 258 cm³/mol. The van der Waals surface area contributed by atoms with Crippen LogP contribution in [0.2, 0.25) is 0 Å². The highest BCUT2D eigenvalue weighted by atomic mass is 32.2. The second kappa shape index (κ2) is 31.3. The standard InChI is InChI=1S/C26H35N5O2S.C10H22.C8H16O2.C6H12O/c1-5-19(2)17-22(21-7-6-11-27-23(21)18-20-8-9-20)25-28-24(10-12-29(25)3)30-13-15-31(16-14-30)26(32)33-34-4;1-4-7-10(8-5-2)9-6-3;1-5-6-7(9)10-8(2,3)4;1-3-4-5-6(2)7/h6-7,10-12,17,20H,5,8-9,13-16,18H2,1-4H3;10H,4-9H2,1-3H3;5-6H2,1-4H3;3-5H2,1-2H3/b19-17?,25-22+;;;. The maximum Gasteiger partial charge on any atom is 0.422 e. The van der Waals surface area contributed by atoms with Gasteiger partial charge >= 0.3 is 12.1 Å². The van der Waals surface area contributed by atoms with Crippen molar-refractivity contribution in [1.82, 2.24) is 19.7 Å². The van der Waals surface area contributed by atoms with Gasteiger partial charge in [-0.1, -0.05) is 104 Å². The number of nitrogens with zero attached hydrogens (tertiary/aromatic N) is 5. The molecule has 1 aliphatic carbocycles. The fourth-order valence-corrected chi connectivity index (χ4v) is 7.12. The summed E-state index contributed by atoms with van der Waals surface area (Å²) < 4.78 is 10.1. The summed E-state index contributed by atoms with van der Waals surface area (Å²) in [4.78, 5) is 49.1. The molecule has 1 aromatic heterocycles. The number of piperazine rings is 1. The quantitative estimate of drug-likeness (QED) is 0.112. The van der Waals surface area contributed by atoms with Crippen molar-refractivity contribution >= 4 is 41.3 Å². The Kier molecular flexibility index (Phi) is 28.4.